The van der Waals surface area contributed by atoms with Crippen LogP contribution in [-0.2, 0) is 5.54 Å². The maximum atomic E-state index is 14.8. The number of anilines is 1. The van der Waals surface area contributed by atoms with Gasteiger partial charge in [-0.1, -0.05) is 11.6 Å². The van der Waals surface area contributed by atoms with Crippen LogP contribution in [0, 0.1) is 12.7 Å². The lowest BCUT2D eigenvalue weighted by molar-refractivity contribution is -0.0848. The molecule has 1 atom stereocenters. The Kier molecular flexibility index (Phi) is 5.47. The number of nitrogens with one attached hydrogen (secondary N) is 1. The van der Waals surface area contributed by atoms with Crippen LogP contribution in [0.3, 0.4) is 0 Å². The highest BCUT2D eigenvalue weighted by molar-refractivity contribution is 8.26. The van der Waals surface area contributed by atoms with Crippen LogP contribution in [0.1, 0.15) is 41.4 Å². The molecule has 0 bridgehead atoms. The third-order valence-electron chi connectivity index (χ3n) is 6.09. The molecule has 1 spiro atoms. The number of carbonyl (C=O) groups excluding carboxylic acids is 1. The minimum Gasteiger partial charge on any atom is -0.386 e. The van der Waals surface area contributed by atoms with Gasteiger partial charge >= 0.3 is 0 Å². The molecule has 12 heteroatoms. The molecular weight excluding hydrogens is 481 g/mol. The predicted octanol–water partition coefficient (Wildman–Crippen LogP) is 4.94. The van der Waals surface area contributed by atoms with Crippen molar-refractivity contribution in [3.63, 3.8) is 0 Å². The van der Waals surface area contributed by atoms with Crippen LogP contribution in [0.4, 0.5) is 18.9 Å². The molecule has 1 unspecified atom stereocenters. The van der Waals surface area contributed by atoms with E-state index in [0.717, 1.165) is 6.07 Å². The normalized spacial score (nSPS) is 25.6. The van der Waals surface area contributed by atoms with Gasteiger partial charge in [-0.25, -0.2) is 18.2 Å². The van der Waals surface area contributed by atoms with Crippen LogP contribution in [0.15, 0.2) is 35.5 Å². The van der Waals surface area contributed by atoms with Crippen molar-refractivity contribution in [3.8, 4) is 0 Å². The number of hydrogen-bond donors (Lipinski definition) is 4. The highest BCUT2D eigenvalue weighted by Crippen LogP contribution is 2.70. The number of carbonyl (C=O) groups is 1. The van der Waals surface area contributed by atoms with E-state index >= 15 is 0 Å². The summed E-state index contributed by atoms with van der Waals surface area (Å²) < 4.78 is 61.9. The van der Waals surface area contributed by atoms with Gasteiger partial charge in [0, 0.05) is 30.3 Å². The van der Waals surface area contributed by atoms with E-state index in [-0.39, 0.29) is 22.8 Å². The van der Waals surface area contributed by atoms with Crippen molar-refractivity contribution in [1.82, 2.24) is 4.98 Å². The van der Waals surface area contributed by atoms with Gasteiger partial charge in [-0.3, -0.25) is 18.9 Å². The summed E-state index contributed by atoms with van der Waals surface area (Å²) in [4.78, 5) is 20.9. The molecule has 1 saturated carbocycles. The number of aryl methyl sites for hydroxylation is 1. The van der Waals surface area contributed by atoms with Gasteiger partial charge in [-0.2, -0.15) is 10.6 Å². The topological polar surface area (TPSA) is 121 Å². The van der Waals surface area contributed by atoms with Crippen LogP contribution in [0.2, 0.25) is 5.02 Å². The number of nitrogens with zero attached hydrogens (tertiary/aromatic N) is 2. The zero-order chi connectivity index (χ0) is 24.4. The number of aliphatic imine (C=N–C) groups is 1. The second-order valence-corrected chi connectivity index (χ2v) is 11.6. The summed E-state index contributed by atoms with van der Waals surface area (Å²) in [6.07, 6.45) is -0.315. The fourth-order valence-corrected chi connectivity index (χ4v) is 7.17. The third-order valence-corrected chi connectivity index (χ3v) is 9.02. The number of amides is 1. The number of aromatic nitrogens is 1. The van der Waals surface area contributed by atoms with Gasteiger partial charge in [0.25, 0.3) is 11.8 Å². The van der Waals surface area contributed by atoms with Crippen LogP contribution in [0.5, 0.6) is 0 Å². The van der Waals surface area contributed by atoms with Crippen molar-refractivity contribution >= 4 is 39.6 Å². The first-order valence-electron chi connectivity index (χ1n) is 9.91. The average molecular weight is 503 g/mol. The summed E-state index contributed by atoms with van der Waals surface area (Å²) in [6.45, 7) is 3.10. The van der Waals surface area contributed by atoms with E-state index in [1.807, 2.05) is 0 Å². The summed E-state index contributed by atoms with van der Waals surface area (Å²) in [5.74, 6) is -5.17. The molecule has 1 aromatic carbocycles. The molecule has 33 heavy (non-hydrogen) atoms. The molecule has 0 saturated heterocycles. The lowest BCUT2D eigenvalue weighted by Crippen LogP contribution is -2.65. The Morgan fingerprint density at radius 1 is 1.27 bits per heavy atom. The smallest absolute Gasteiger partial charge is 0.274 e. The number of hydrogen-bond acceptors (Lipinski definition) is 6. The van der Waals surface area contributed by atoms with Crippen LogP contribution in [-0.4, -0.2) is 42.3 Å². The molecule has 1 aromatic heterocycles. The van der Waals surface area contributed by atoms with Gasteiger partial charge in [-0.15, -0.1) is 0 Å². The largest absolute Gasteiger partial charge is 0.386 e. The van der Waals surface area contributed by atoms with Crippen molar-refractivity contribution in [2.75, 3.05) is 11.1 Å². The quantitative estimate of drug-likeness (QED) is 0.473. The number of rotatable bonds is 3. The molecule has 4 rings (SSSR count). The molecule has 5 N–H and O–H groups in total. The van der Waals surface area contributed by atoms with Crippen LogP contribution < -0.4 is 11.1 Å². The Hall–Kier alpha value is -2.34. The van der Waals surface area contributed by atoms with Crippen molar-refractivity contribution in [2.45, 2.75) is 42.9 Å². The highest BCUT2D eigenvalue weighted by Gasteiger charge is 2.68. The molecular formula is C21H22ClF3N4O3S. The summed E-state index contributed by atoms with van der Waals surface area (Å²) in [5.41, 5.74) is 5.22. The van der Waals surface area contributed by atoms with Gasteiger partial charge < -0.3 is 11.1 Å². The fourth-order valence-electron chi connectivity index (χ4n) is 4.42. The Balaban J connectivity index is 1.67. The number of alkyl halides is 2. The van der Waals surface area contributed by atoms with E-state index < -0.39 is 57.1 Å². The second kappa shape index (κ2) is 7.59. The number of halogens is 4. The van der Waals surface area contributed by atoms with E-state index in [9.17, 15) is 27.1 Å². The minimum atomic E-state index is -3.68. The molecule has 1 fully saturated rings. The van der Waals surface area contributed by atoms with Crippen molar-refractivity contribution in [1.29, 1.82) is 0 Å². The van der Waals surface area contributed by atoms with Gasteiger partial charge in [-0.05, 0) is 43.7 Å². The lowest BCUT2D eigenvalue weighted by atomic mass is 9.78. The van der Waals surface area contributed by atoms with E-state index in [1.54, 1.807) is 13.0 Å². The molecule has 7 nitrogen and oxygen atoms in total. The zero-order valence-electron chi connectivity index (χ0n) is 17.7. The maximum Gasteiger partial charge on any atom is 0.274 e. The Labute approximate surface area is 194 Å². The summed E-state index contributed by atoms with van der Waals surface area (Å²) in [6, 6.07) is 5.30. The van der Waals surface area contributed by atoms with E-state index in [4.69, 9.17) is 17.3 Å². The predicted molar refractivity (Wildman–Crippen MR) is 122 cm³/mol. The molecule has 2 heterocycles. The summed E-state index contributed by atoms with van der Waals surface area (Å²) in [5, 5.41) is 2.99. The molecule has 1 aliphatic heterocycles. The molecule has 2 aliphatic rings. The van der Waals surface area contributed by atoms with Crippen molar-refractivity contribution in [2.24, 2.45) is 10.7 Å². The molecule has 1 aliphatic carbocycles. The van der Waals surface area contributed by atoms with Gasteiger partial charge in [0.15, 0.2) is 0 Å². The number of benzene rings is 1. The van der Waals surface area contributed by atoms with Gasteiger partial charge in [0.2, 0.25) is 0 Å². The zero-order valence-corrected chi connectivity index (χ0v) is 19.3. The SMILES string of the molecule is Cc1cc(Cl)cnc1C(=O)Nc1ccc(F)c(C2(C)CS(O)(O)C3(CC(F)(F)C3)C(N)=N2)c1. The van der Waals surface area contributed by atoms with Crippen LogP contribution >= 0.6 is 22.2 Å². The molecule has 2 aromatic rings. The molecule has 178 valence electrons. The van der Waals surface area contributed by atoms with E-state index in [2.05, 4.69) is 15.3 Å². The van der Waals surface area contributed by atoms with E-state index in [1.165, 1.54) is 25.3 Å². The Bertz CT molecular complexity index is 1190. The van der Waals surface area contributed by atoms with Gasteiger partial charge in [0.05, 0.1) is 10.8 Å². The first-order valence-corrected chi connectivity index (χ1v) is 12.0. The second-order valence-electron chi connectivity index (χ2n) is 8.75. The Morgan fingerprint density at radius 2 is 1.94 bits per heavy atom. The first-order chi connectivity index (χ1) is 15.2. The number of amidine groups is 1. The monoisotopic (exact) mass is 502 g/mol. The van der Waals surface area contributed by atoms with Gasteiger partial charge in [0.1, 0.15) is 27.6 Å². The maximum absolute atomic E-state index is 14.8. The third kappa shape index (κ3) is 3.96. The summed E-state index contributed by atoms with van der Waals surface area (Å²) >= 11 is 5.87. The minimum absolute atomic E-state index is 0.0649. The van der Waals surface area contributed by atoms with Crippen molar-refractivity contribution in [3.05, 3.63) is 58.1 Å². The highest BCUT2D eigenvalue weighted by atomic mass is 35.5. The number of nitrogens with two attached hydrogens (primary N) is 1. The fraction of sp³-hybridized carbons (Fsp3) is 0.381. The first kappa shape index (κ1) is 23.8. The number of pyridine rings is 1. The standard InChI is InChI=1S/C21H22ClF3N4O3S/c1-11-5-12(22)7-27-16(11)17(30)28-13-3-4-15(23)14(6-13)19(2)10-33(31,32)20(18(26)29-19)8-21(24,25)9-20/h3-7,31-32H,8-10H2,1-2H3,(H2,26,29)(H,28,30). The Morgan fingerprint density at radius 3 is 2.52 bits per heavy atom. The average Bonchev–Trinajstić information content (AvgIpc) is 2.65. The van der Waals surface area contributed by atoms with Crippen LogP contribution in [0.25, 0.3) is 0 Å². The van der Waals surface area contributed by atoms with Crippen molar-refractivity contribution < 1.29 is 27.1 Å². The molecule has 1 amide bonds. The summed E-state index contributed by atoms with van der Waals surface area (Å²) in [7, 11) is -3.68. The lowest BCUT2D eigenvalue weighted by Gasteiger charge is -2.61. The molecule has 0 radical (unpaired) electrons. The van der Waals surface area contributed by atoms with E-state index in [0.29, 0.717) is 10.6 Å².